The van der Waals surface area contributed by atoms with E-state index in [1.807, 2.05) is 0 Å². The van der Waals surface area contributed by atoms with Gasteiger partial charge in [0, 0.05) is 13.1 Å². The molecule has 0 aromatic heterocycles. The molecule has 1 aliphatic rings. The van der Waals surface area contributed by atoms with Gasteiger partial charge in [-0.1, -0.05) is 60.7 Å². The molecular weight excluding hydrogens is 352 g/mol. The molecule has 0 unspecified atom stereocenters. The first-order valence-electron chi connectivity index (χ1n) is 9.95. The van der Waals surface area contributed by atoms with Crippen LogP contribution in [0.5, 0.6) is 0 Å². The normalized spacial score (nSPS) is 19.5. The zero-order valence-electron chi connectivity index (χ0n) is 16.7. The Hall–Kier alpha value is -2.21. The monoisotopic (exact) mass is 382 g/mol. The summed E-state index contributed by atoms with van der Waals surface area (Å²) in [4.78, 5) is 16.7. The van der Waals surface area contributed by atoms with Crippen LogP contribution in [-0.4, -0.2) is 43.9 Å². The number of hydrogen-bond acceptors (Lipinski definition) is 4. The van der Waals surface area contributed by atoms with Gasteiger partial charge < -0.3 is 10.1 Å². The van der Waals surface area contributed by atoms with Crippen LogP contribution in [0, 0.1) is 0 Å². The Morgan fingerprint density at radius 3 is 2.04 bits per heavy atom. The Bertz CT molecular complexity index is 676. The summed E-state index contributed by atoms with van der Waals surface area (Å²) >= 11 is 0. The van der Waals surface area contributed by atoms with Crippen molar-refractivity contribution in [1.29, 1.82) is 0 Å². The van der Waals surface area contributed by atoms with Crippen molar-refractivity contribution in [2.45, 2.75) is 43.9 Å². The van der Waals surface area contributed by atoms with Crippen LogP contribution in [0.15, 0.2) is 60.7 Å². The third-order valence-electron chi connectivity index (χ3n) is 5.41. The van der Waals surface area contributed by atoms with Crippen LogP contribution in [-0.2, 0) is 14.4 Å². The molecule has 150 valence electrons. The van der Waals surface area contributed by atoms with Crippen molar-refractivity contribution < 1.29 is 14.4 Å². The van der Waals surface area contributed by atoms with Gasteiger partial charge in [0.1, 0.15) is 6.61 Å². The van der Waals surface area contributed by atoms with Gasteiger partial charge in [0.25, 0.3) is 5.91 Å². The van der Waals surface area contributed by atoms with Gasteiger partial charge in [0.05, 0.1) is 19.3 Å². The van der Waals surface area contributed by atoms with E-state index >= 15 is 0 Å². The number of amides is 1. The quantitative estimate of drug-likeness (QED) is 0.707. The molecule has 0 spiro atoms. The molecule has 1 fully saturated rings. The number of nitrogens with one attached hydrogen (secondary N) is 1. The zero-order chi connectivity index (χ0) is 19.8. The Morgan fingerprint density at radius 2 is 1.54 bits per heavy atom. The van der Waals surface area contributed by atoms with Gasteiger partial charge in [-0.05, 0) is 36.8 Å². The molecule has 1 saturated carbocycles. The van der Waals surface area contributed by atoms with Crippen LogP contribution in [0.1, 0.15) is 42.9 Å². The lowest BCUT2D eigenvalue weighted by Gasteiger charge is -2.32. The molecular formula is C23H30N2O3. The average molecular weight is 383 g/mol. The second kappa shape index (κ2) is 10.4. The highest BCUT2D eigenvalue weighted by molar-refractivity contribution is 5.76. The highest BCUT2D eigenvalue weighted by Crippen LogP contribution is 2.27. The first-order valence-corrected chi connectivity index (χ1v) is 9.95. The number of rotatable bonds is 8. The number of hydroxylamine groups is 2. The lowest BCUT2D eigenvalue weighted by Crippen LogP contribution is -2.39. The highest BCUT2D eigenvalue weighted by atomic mass is 16.7. The van der Waals surface area contributed by atoms with Gasteiger partial charge in [-0.3, -0.25) is 9.63 Å². The van der Waals surface area contributed by atoms with Gasteiger partial charge in [-0.25, -0.2) is 5.06 Å². The maximum Gasteiger partial charge on any atom is 0.271 e. The largest absolute Gasteiger partial charge is 0.368 e. The molecule has 1 amide bonds. The predicted octanol–water partition coefficient (Wildman–Crippen LogP) is 3.71. The van der Waals surface area contributed by atoms with Gasteiger partial charge in [0.2, 0.25) is 0 Å². The summed E-state index contributed by atoms with van der Waals surface area (Å²) in [5.41, 5.74) is 2.56. The third kappa shape index (κ3) is 5.64. The van der Waals surface area contributed by atoms with Gasteiger partial charge in [0.15, 0.2) is 0 Å². The van der Waals surface area contributed by atoms with Crippen LogP contribution in [0.3, 0.4) is 0 Å². The molecule has 2 aromatic rings. The van der Waals surface area contributed by atoms with Crippen molar-refractivity contribution in [1.82, 2.24) is 10.4 Å². The number of benzene rings is 2. The van der Waals surface area contributed by atoms with Crippen LogP contribution in [0.25, 0.3) is 0 Å². The zero-order valence-corrected chi connectivity index (χ0v) is 16.7. The Labute approximate surface area is 167 Å². The van der Waals surface area contributed by atoms with E-state index in [9.17, 15) is 4.79 Å². The van der Waals surface area contributed by atoms with E-state index in [1.165, 1.54) is 23.3 Å². The second-order valence-corrected chi connectivity index (χ2v) is 7.28. The molecule has 0 saturated heterocycles. The van der Waals surface area contributed by atoms with Crippen LogP contribution in [0.4, 0.5) is 0 Å². The van der Waals surface area contributed by atoms with Gasteiger partial charge in [-0.15, -0.1) is 0 Å². The van der Waals surface area contributed by atoms with E-state index in [0.29, 0.717) is 6.04 Å². The summed E-state index contributed by atoms with van der Waals surface area (Å²) < 4.78 is 5.79. The minimum atomic E-state index is -0.157. The van der Waals surface area contributed by atoms with E-state index in [2.05, 4.69) is 66.0 Å². The fraction of sp³-hybridized carbons (Fsp3) is 0.435. The van der Waals surface area contributed by atoms with Crippen molar-refractivity contribution in [3.8, 4) is 0 Å². The van der Waals surface area contributed by atoms with Crippen molar-refractivity contribution in [3.05, 3.63) is 71.8 Å². The topological polar surface area (TPSA) is 50.8 Å². The number of hydrogen-bond donors (Lipinski definition) is 1. The summed E-state index contributed by atoms with van der Waals surface area (Å²) in [6, 6.07) is 21.8. The van der Waals surface area contributed by atoms with Crippen molar-refractivity contribution in [2.75, 3.05) is 20.8 Å². The van der Waals surface area contributed by atoms with Crippen molar-refractivity contribution in [2.24, 2.45) is 0 Å². The van der Waals surface area contributed by atoms with Gasteiger partial charge in [-0.2, -0.15) is 0 Å². The van der Waals surface area contributed by atoms with Crippen LogP contribution >= 0.6 is 0 Å². The average Bonchev–Trinajstić information content (AvgIpc) is 2.77. The fourth-order valence-electron chi connectivity index (χ4n) is 3.69. The SMILES string of the molecule is CON(C)C(=O)COC1CCC(NC(c2ccccc2)c2ccccc2)CC1. The molecule has 1 aliphatic carbocycles. The number of nitrogens with zero attached hydrogens (tertiary/aromatic N) is 1. The van der Waals surface area contributed by atoms with E-state index in [-0.39, 0.29) is 24.7 Å². The maximum absolute atomic E-state index is 11.8. The number of likely N-dealkylation sites (N-methyl/N-ethyl adjacent to an activating group) is 1. The second-order valence-electron chi connectivity index (χ2n) is 7.28. The fourth-order valence-corrected chi connectivity index (χ4v) is 3.69. The highest BCUT2D eigenvalue weighted by Gasteiger charge is 2.25. The molecule has 28 heavy (non-hydrogen) atoms. The molecule has 5 heteroatoms. The van der Waals surface area contributed by atoms with Gasteiger partial charge >= 0.3 is 0 Å². The Morgan fingerprint density at radius 1 is 1.00 bits per heavy atom. The lowest BCUT2D eigenvalue weighted by atomic mass is 9.90. The summed E-state index contributed by atoms with van der Waals surface area (Å²) in [6.45, 7) is 0.0732. The van der Waals surface area contributed by atoms with Crippen molar-refractivity contribution in [3.63, 3.8) is 0 Å². The molecule has 1 N–H and O–H groups in total. The van der Waals surface area contributed by atoms with Crippen LogP contribution in [0.2, 0.25) is 0 Å². The predicted molar refractivity (Wildman–Crippen MR) is 110 cm³/mol. The smallest absolute Gasteiger partial charge is 0.271 e. The number of carbonyl (C=O) groups is 1. The first kappa shape index (κ1) is 20.5. The molecule has 0 radical (unpaired) electrons. The minimum absolute atomic E-state index is 0.0732. The van der Waals surface area contributed by atoms with Crippen LogP contribution < -0.4 is 5.32 Å². The summed E-state index contributed by atoms with van der Waals surface area (Å²) in [5, 5.41) is 5.06. The molecule has 3 rings (SSSR count). The maximum atomic E-state index is 11.8. The standard InChI is InChI=1S/C23H30N2O3/c1-25(27-2)22(26)17-28-21-15-13-20(14-16-21)24-23(18-9-5-3-6-10-18)19-11-7-4-8-12-19/h3-12,20-21,23-24H,13-17H2,1-2H3. The van der Waals surface area contributed by atoms with E-state index in [1.54, 1.807) is 7.05 Å². The third-order valence-corrected chi connectivity index (χ3v) is 5.41. The summed E-state index contributed by atoms with van der Waals surface area (Å²) in [6.07, 6.45) is 4.12. The molecule has 0 atom stereocenters. The molecule has 5 nitrogen and oxygen atoms in total. The molecule has 0 aliphatic heterocycles. The van der Waals surface area contributed by atoms with E-state index in [0.717, 1.165) is 25.7 Å². The summed E-state index contributed by atoms with van der Waals surface area (Å²) in [7, 11) is 3.07. The van der Waals surface area contributed by atoms with E-state index < -0.39 is 0 Å². The molecule has 0 bridgehead atoms. The molecule has 0 heterocycles. The lowest BCUT2D eigenvalue weighted by molar-refractivity contribution is -0.175. The number of ether oxygens (including phenoxy) is 1. The van der Waals surface area contributed by atoms with E-state index in [4.69, 9.17) is 9.57 Å². The molecule has 2 aromatic carbocycles. The minimum Gasteiger partial charge on any atom is -0.368 e. The van der Waals surface area contributed by atoms with Crippen molar-refractivity contribution >= 4 is 5.91 Å². The Balaban J connectivity index is 1.55. The first-order chi connectivity index (χ1) is 13.7. The Kier molecular flexibility index (Phi) is 7.60. The summed E-state index contributed by atoms with van der Waals surface area (Å²) in [5.74, 6) is -0.157. The number of carbonyl (C=O) groups excluding carboxylic acids is 1.